The van der Waals surface area contributed by atoms with Crippen LogP contribution in [0.1, 0.15) is 15.9 Å². The van der Waals surface area contributed by atoms with Crippen molar-refractivity contribution in [2.24, 2.45) is 5.73 Å². The van der Waals surface area contributed by atoms with E-state index >= 15 is 0 Å². The average molecular weight is 319 g/mol. The van der Waals surface area contributed by atoms with Gasteiger partial charge in [-0.3, -0.25) is 4.79 Å². The number of hydrogen-bond donors (Lipinski definition) is 3. The highest BCUT2D eigenvalue weighted by Gasteiger charge is 2.09. The Balaban J connectivity index is 1.70. The number of anilines is 1. The molecule has 0 unspecified atom stereocenters. The smallest absolute Gasteiger partial charge is 0.316 e. The third-order valence-corrected chi connectivity index (χ3v) is 3.71. The van der Waals surface area contributed by atoms with E-state index < -0.39 is 6.03 Å². The Labute approximate surface area is 139 Å². The molecule has 0 aliphatic carbocycles. The Morgan fingerprint density at radius 2 is 1.58 bits per heavy atom. The number of rotatable bonds is 4. The van der Waals surface area contributed by atoms with Crippen molar-refractivity contribution in [3.63, 3.8) is 0 Å². The third kappa shape index (κ3) is 3.52. The van der Waals surface area contributed by atoms with Crippen LogP contribution in [-0.4, -0.2) is 11.9 Å². The van der Waals surface area contributed by atoms with E-state index in [0.717, 1.165) is 16.3 Å². The number of hydrogen-bond acceptors (Lipinski definition) is 2. The summed E-state index contributed by atoms with van der Waals surface area (Å²) in [6.07, 6.45) is 0. The monoisotopic (exact) mass is 319 g/mol. The molecule has 3 aromatic carbocycles. The summed E-state index contributed by atoms with van der Waals surface area (Å²) in [6, 6.07) is 20.0. The quantitative estimate of drug-likeness (QED) is 0.689. The number of carbonyl (C=O) groups is 2. The van der Waals surface area contributed by atoms with Gasteiger partial charge in [0.25, 0.3) is 5.91 Å². The summed E-state index contributed by atoms with van der Waals surface area (Å²) in [4.78, 5) is 23.2. The van der Waals surface area contributed by atoms with Gasteiger partial charge in [-0.2, -0.15) is 0 Å². The molecule has 120 valence electrons. The molecule has 0 radical (unpaired) electrons. The molecule has 3 aromatic rings. The van der Waals surface area contributed by atoms with Crippen LogP contribution in [0.5, 0.6) is 0 Å². The van der Waals surface area contributed by atoms with Gasteiger partial charge in [-0.05, 0) is 34.5 Å². The Morgan fingerprint density at radius 3 is 2.33 bits per heavy atom. The SMILES string of the molecule is NC(=O)Nc1ccc(CNC(=O)c2cccc3ccccc23)cc1. The number of carbonyl (C=O) groups excluding carboxylic acids is 2. The van der Waals surface area contributed by atoms with Gasteiger partial charge in [0, 0.05) is 17.8 Å². The molecule has 5 heteroatoms. The second kappa shape index (κ2) is 6.83. The van der Waals surface area contributed by atoms with E-state index in [2.05, 4.69) is 10.6 Å². The summed E-state index contributed by atoms with van der Waals surface area (Å²) >= 11 is 0. The fourth-order valence-corrected chi connectivity index (χ4v) is 2.55. The van der Waals surface area contributed by atoms with Gasteiger partial charge in [-0.1, -0.05) is 48.5 Å². The molecule has 5 nitrogen and oxygen atoms in total. The van der Waals surface area contributed by atoms with Crippen LogP contribution in [0.15, 0.2) is 66.7 Å². The lowest BCUT2D eigenvalue weighted by atomic mass is 10.0. The molecule has 0 aliphatic rings. The van der Waals surface area contributed by atoms with Crippen molar-refractivity contribution in [1.82, 2.24) is 5.32 Å². The van der Waals surface area contributed by atoms with Gasteiger partial charge in [0.2, 0.25) is 0 Å². The van der Waals surface area contributed by atoms with Gasteiger partial charge in [-0.15, -0.1) is 0 Å². The largest absolute Gasteiger partial charge is 0.351 e. The van der Waals surface area contributed by atoms with Crippen molar-refractivity contribution >= 4 is 28.4 Å². The van der Waals surface area contributed by atoms with Gasteiger partial charge in [-0.25, -0.2) is 4.79 Å². The molecular weight excluding hydrogens is 302 g/mol. The fraction of sp³-hybridized carbons (Fsp3) is 0.0526. The summed E-state index contributed by atoms with van der Waals surface area (Å²) in [5.41, 5.74) is 7.26. The van der Waals surface area contributed by atoms with E-state index in [1.165, 1.54) is 0 Å². The van der Waals surface area contributed by atoms with Crippen LogP contribution in [0.3, 0.4) is 0 Å². The predicted octanol–water partition coefficient (Wildman–Crippen LogP) is 3.26. The molecule has 0 aromatic heterocycles. The topological polar surface area (TPSA) is 84.2 Å². The van der Waals surface area contributed by atoms with Crippen LogP contribution in [-0.2, 0) is 6.54 Å². The Kier molecular flexibility index (Phi) is 4.43. The van der Waals surface area contributed by atoms with Crippen LogP contribution < -0.4 is 16.4 Å². The average Bonchev–Trinajstić information content (AvgIpc) is 2.60. The maximum atomic E-state index is 12.5. The van der Waals surface area contributed by atoms with Crippen LogP contribution in [0.2, 0.25) is 0 Å². The van der Waals surface area contributed by atoms with E-state index in [-0.39, 0.29) is 5.91 Å². The van der Waals surface area contributed by atoms with E-state index in [1.54, 1.807) is 12.1 Å². The zero-order valence-corrected chi connectivity index (χ0v) is 13.0. The van der Waals surface area contributed by atoms with Crippen molar-refractivity contribution in [1.29, 1.82) is 0 Å². The zero-order valence-electron chi connectivity index (χ0n) is 13.0. The third-order valence-electron chi connectivity index (χ3n) is 3.71. The van der Waals surface area contributed by atoms with E-state index in [9.17, 15) is 9.59 Å². The summed E-state index contributed by atoms with van der Waals surface area (Å²) < 4.78 is 0. The first-order chi connectivity index (χ1) is 11.6. The molecule has 3 amide bonds. The van der Waals surface area contributed by atoms with E-state index in [0.29, 0.717) is 17.8 Å². The summed E-state index contributed by atoms with van der Waals surface area (Å²) in [5.74, 6) is -0.119. The minimum atomic E-state index is -0.605. The van der Waals surface area contributed by atoms with E-state index in [1.807, 2.05) is 54.6 Å². The van der Waals surface area contributed by atoms with Gasteiger partial charge in [0.15, 0.2) is 0 Å². The minimum absolute atomic E-state index is 0.119. The molecule has 0 saturated carbocycles. The number of nitrogens with one attached hydrogen (secondary N) is 2. The number of amides is 3. The molecule has 24 heavy (non-hydrogen) atoms. The number of urea groups is 1. The lowest BCUT2D eigenvalue weighted by Crippen LogP contribution is -2.23. The lowest BCUT2D eigenvalue weighted by Gasteiger charge is -2.09. The predicted molar refractivity (Wildman–Crippen MR) is 94.8 cm³/mol. The lowest BCUT2D eigenvalue weighted by molar-refractivity contribution is 0.0952. The van der Waals surface area contributed by atoms with E-state index in [4.69, 9.17) is 5.73 Å². The van der Waals surface area contributed by atoms with Gasteiger partial charge >= 0.3 is 6.03 Å². The molecule has 3 rings (SSSR count). The highest BCUT2D eigenvalue weighted by molar-refractivity contribution is 6.06. The van der Waals surface area contributed by atoms with Crippen molar-refractivity contribution in [3.8, 4) is 0 Å². The second-order valence-corrected chi connectivity index (χ2v) is 5.40. The molecule has 0 saturated heterocycles. The number of benzene rings is 3. The molecule has 0 spiro atoms. The zero-order chi connectivity index (χ0) is 16.9. The summed E-state index contributed by atoms with van der Waals surface area (Å²) in [7, 11) is 0. The maximum Gasteiger partial charge on any atom is 0.316 e. The molecule has 0 bridgehead atoms. The highest BCUT2D eigenvalue weighted by Crippen LogP contribution is 2.18. The number of nitrogens with two attached hydrogens (primary N) is 1. The number of fused-ring (bicyclic) bond motifs is 1. The van der Waals surface area contributed by atoms with Crippen LogP contribution in [0, 0.1) is 0 Å². The Bertz CT molecular complexity index is 883. The van der Waals surface area contributed by atoms with Crippen molar-refractivity contribution in [2.45, 2.75) is 6.54 Å². The first-order valence-electron chi connectivity index (χ1n) is 7.55. The Hall–Kier alpha value is -3.34. The molecule has 0 fully saturated rings. The number of primary amides is 1. The minimum Gasteiger partial charge on any atom is -0.351 e. The van der Waals surface area contributed by atoms with Crippen molar-refractivity contribution < 1.29 is 9.59 Å². The molecule has 4 N–H and O–H groups in total. The molecule has 0 atom stereocenters. The van der Waals surface area contributed by atoms with Gasteiger partial charge in [0.1, 0.15) is 0 Å². The molecule has 0 heterocycles. The van der Waals surface area contributed by atoms with Gasteiger partial charge in [0.05, 0.1) is 0 Å². The maximum absolute atomic E-state index is 12.5. The normalized spacial score (nSPS) is 10.3. The highest BCUT2D eigenvalue weighted by atomic mass is 16.2. The standard InChI is InChI=1S/C19H17N3O2/c20-19(24)22-15-10-8-13(9-11-15)12-21-18(23)17-7-3-5-14-4-1-2-6-16(14)17/h1-11H,12H2,(H,21,23)(H3,20,22,24). The van der Waals surface area contributed by atoms with Crippen LogP contribution in [0.4, 0.5) is 10.5 Å². The Morgan fingerprint density at radius 1 is 0.875 bits per heavy atom. The summed E-state index contributed by atoms with van der Waals surface area (Å²) in [6.45, 7) is 0.402. The molecule has 0 aliphatic heterocycles. The molecular formula is C19H17N3O2. The first kappa shape index (κ1) is 15.6. The fourth-order valence-electron chi connectivity index (χ4n) is 2.55. The summed E-state index contributed by atoms with van der Waals surface area (Å²) in [5, 5.41) is 7.37. The van der Waals surface area contributed by atoms with Gasteiger partial charge < -0.3 is 16.4 Å². The van der Waals surface area contributed by atoms with Crippen LogP contribution in [0.25, 0.3) is 10.8 Å². The second-order valence-electron chi connectivity index (χ2n) is 5.40. The first-order valence-corrected chi connectivity index (χ1v) is 7.55. The van der Waals surface area contributed by atoms with Crippen molar-refractivity contribution in [3.05, 3.63) is 77.9 Å². The van der Waals surface area contributed by atoms with Crippen molar-refractivity contribution in [2.75, 3.05) is 5.32 Å². The van der Waals surface area contributed by atoms with Crippen LogP contribution >= 0.6 is 0 Å².